The highest BCUT2D eigenvalue weighted by Gasteiger charge is 2.44. The SMILES string of the molecule is Clc1ccc(C=CC(C=Cc2ccc(Cl)cc2)=NNC2=NCC3(CC3)CN2)cc1. The van der Waals surface area contributed by atoms with Gasteiger partial charge in [-0.25, -0.2) is 5.43 Å². The summed E-state index contributed by atoms with van der Waals surface area (Å²) in [4.78, 5) is 4.58. The van der Waals surface area contributed by atoms with E-state index in [4.69, 9.17) is 23.2 Å². The van der Waals surface area contributed by atoms with Crippen LogP contribution >= 0.6 is 23.2 Å². The van der Waals surface area contributed by atoms with Crippen LogP contribution in [0.2, 0.25) is 10.0 Å². The lowest BCUT2D eigenvalue weighted by Gasteiger charge is -2.21. The van der Waals surface area contributed by atoms with Crippen LogP contribution in [0.4, 0.5) is 0 Å². The summed E-state index contributed by atoms with van der Waals surface area (Å²) in [6, 6.07) is 15.3. The van der Waals surface area contributed by atoms with Crippen LogP contribution in [0.25, 0.3) is 12.2 Å². The van der Waals surface area contributed by atoms with E-state index >= 15 is 0 Å². The second kappa shape index (κ2) is 8.85. The molecule has 2 aromatic carbocycles. The zero-order valence-corrected chi connectivity index (χ0v) is 17.4. The fraction of sp³-hybridized carbons (Fsp3) is 0.217. The molecular formula is C23H22Cl2N4. The summed E-state index contributed by atoms with van der Waals surface area (Å²) >= 11 is 11.9. The molecule has 0 saturated heterocycles. The zero-order chi connectivity index (χ0) is 20.1. The second-order valence-corrected chi connectivity index (χ2v) is 8.31. The van der Waals surface area contributed by atoms with Gasteiger partial charge in [0.2, 0.25) is 5.96 Å². The predicted molar refractivity (Wildman–Crippen MR) is 124 cm³/mol. The maximum Gasteiger partial charge on any atom is 0.212 e. The number of hydrogen-bond acceptors (Lipinski definition) is 4. The molecule has 0 unspecified atom stereocenters. The van der Waals surface area contributed by atoms with E-state index in [1.54, 1.807) is 0 Å². The molecule has 0 atom stereocenters. The van der Waals surface area contributed by atoms with Gasteiger partial charge in [0.15, 0.2) is 0 Å². The van der Waals surface area contributed by atoms with E-state index < -0.39 is 0 Å². The Morgan fingerprint density at radius 2 is 1.48 bits per heavy atom. The topological polar surface area (TPSA) is 48.8 Å². The summed E-state index contributed by atoms with van der Waals surface area (Å²) < 4.78 is 0. The minimum atomic E-state index is 0.403. The van der Waals surface area contributed by atoms with Gasteiger partial charge in [-0.1, -0.05) is 59.6 Å². The maximum absolute atomic E-state index is 5.96. The average molecular weight is 425 g/mol. The highest BCUT2D eigenvalue weighted by atomic mass is 35.5. The van der Waals surface area contributed by atoms with Crippen LogP contribution in [-0.4, -0.2) is 24.8 Å². The van der Waals surface area contributed by atoms with Crippen molar-refractivity contribution in [3.05, 3.63) is 81.9 Å². The van der Waals surface area contributed by atoms with Crippen LogP contribution in [0.3, 0.4) is 0 Å². The van der Waals surface area contributed by atoms with Crippen molar-refractivity contribution in [3.63, 3.8) is 0 Å². The fourth-order valence-electron chi connectivity index (χ4n) is 2.97. The van der Waals surface area contributed by atoms with Crippen molar-refractivity contribution < 1.29 is 0 Å². The molecule has 0 radical (unpaired) electrons. The molecule has 6 heteroatoms. The molecule has 2 aromatic rings. The van der Waals surface area contributed by atoms with E-state index in [1.165, 1.54) is 12.8 Å². The molecule has 29 heavy (non-hydrogen) atoms. The van der Waals surface area contributed by atoms with Gasteiger partial charge in [-0.05, 0) is 60.4 Å². The molecule has 1 spiro atoms. The molecule has 148 valence electrons. The number of aliphatic imine (C=N–C) groups is 1. The summed E-state index contributed by atoms with van der Waals surface area (Å²) in [6.07, 6.45) is 10.4. The van der Waals surface area contributed by atoms with Crippen LogP contribution in [0, 0.1) is 5.41 Å². The molecule has 1 fully saturated rings. The van der Waals surface area contributed by atoms with Crippen LogP contribution in [-0.2, 0) is 0 Å². The van der Waals surface area contributed by atoms with Gasteiger partial charge in [0.1, 0.15) is 0 Å². The van der Waals surface area contributed by atoms with Gasteiger partial charge in [0.25, 0.3) is 0 Å². The minimum absolute atomic E-state index is 0.403. The lowest BCUT2D eigenvalue weighted by atomic mass is 10.1. The van der Waals surface area contributed by atoms with Gasteiger partial charge in [-0.3, -0.25) is 4.99 Å². The highest BCUT2D eigenvalue weighted by Crippen LogP contribution is 2.46. The number of guanidine groups is 1. The van der Waals surface area contributed by atoms with E-state index in [9.17, 15) is 0 Å². The molecule has 1 heterocycles. The number of benzene rings is 2. The van der Waals surface area contributed by atoms with Crippen molar-refractivity contribution in [1.82, 2.24) is 10.7 Å². The molecule has 4 rings (SSSR count). The van der Waals surface area contributed by atoms with E-state index in [0.717, 1.165) is 45.9 Å². The third kappa shape index (κ3) is 5.72. The van der Waals surface area contributed by atoms with Gasteiger partial charge in [0.05, 0.1) is 12.3 Å². The van der Waals surface area contributed by atoms with Crippen molar-refractivity contribution in [1.29, 1.82) is 0 Å². The Kier molecular flexibility index (Phi) is 6.02. The third-order valence-corrected chi connectivity index (χ3v) is 5.59. The summed E-state index contributed by atoms with van der Waals surface area (Å²) in [6.45, 7) is 1.83. The van der Waals surface area contributed by atoms with E-state index in [0.29, 0.717) is 5.41 Å². The van der Waals surface area contributed by atoms with Crippen LogP contribution in [0.1, 0.15) is 24.0 Å². The number of hydrazone groups is 1. The number of nitrogens with one attached hydrogen (secondary N) is 2. The lowest BCUT2D eigenvalue weighted by molar-refractivity contribution is 0.483. The van der Waals surface area contributed by atoms with E-state index in [1.807, 2.05) is 72.8 Å². The summed E-state index contributed by atoms with van der Waals surface area (Å²) in [5.41, 5.74) is 6.33. The largest absolute Gasteiger partial charge is 0.354 e. The number of nitrogens with zero attached hydrogens (tertiary/aromatic N) is 2. The van der Waals surface area contributed by atoms with Crippen molar-refractivity contribution in [2.45, 2.75) is 12.8 Å². The average Bonchev–Trinajstić information content (AvgIpc) is 3.50. The summed E-state index contributed by atoms with van der Waals surface area (Å²) in [5, 5.41) is 9.31. The number of allylic oxidation sites excluding steroid dienone is 2. The normalized spacial score (nSPS) is 17.2. The number of halogens is 2. The molecule has 4 nitrogen and oxygen atoms in total. The van der Waals surface area contributed by atoms with Gasteiger partial charge in [0, 0.05) is 22.0 Å². The zero-order valence-electron chi connectivity index (χ0n) is 15.9. The predicted octanol–water partition coefficient (Wildman–Crippen LogP) is 5.41. The smallest absolute Gasteiger partial charge is 0.212 e. The monoisotopic (exact) mass is 424 g/mol. The van der Waals surface area contributed by atoms with Gasteiger partial charge < -0.3 is 5.32 Å². The molecule has 0 bridgehead atoms. The Balaban J connectivity index is 1.49. The molecule has 2 aliphatic rings. The lowest BCUT2D eigenvalue weighted by Crippen LogP contribution is -2.43. The Labute approximate surface area is 181 Å². The first kappa shape index (κ1) is 19.7. The first-order chi connectivity index (χ1) is 14.1. The molecular weight excluding hydrogens is 403 g/mol. The Morgan fingerprint density at radius 3 is 1.93 bits per heavy atom. The van der Waals surface area contributed by atoms with E-state index in [2.05, 4.69) is 20.8 Å². The molecule has 2 N–H and O–H groups in total. The Bertz CT molecular complexity index is 911. The standard InChI is InChI=1S/C23H22Cl2N4/c24-19-7-1-17(2-8-19)5-11-21(12-6-18-3-9-20(25)10-4-18)28-29-22-26-15-23(13-14-23)16-27-22/h1-12H,13-16H2,(H2,26,27,29). The first-order valence-corrected chi connectivity index (χ1v) is 10.4. The van der Waals surface area contributed by atoms with Gasteiger partial charge in [-0.2, -0.15) is 5.10 Å². The number of hydrogen-bond donors (Lipinski definition) is 2. The summed E-state index contributed by atoms with van der Waals surface area (Å²) in [5.74, 6) is 0.722. The number of rotatable bonds is 5. The third-order valence-electron chi connectivity index (χ3n) is 5.08. The molecule has 1 aliphatic heterocycles. The van der Waals surface area contributed by atoms with Crippen LogP contribution < -0.4 is 10.7 Å². The van der Waals surface area contributed by atoms with Crippen LogP contribution in [0.15, 0.2) is 70.8 Å². The van der Waals surface area contributed by atoms with Crippen molar-refractivity contribution in [3.8, 4) is 0 Å². The molecule has 1 saturated carbocycles. The van der Waals surface area contributed by atoms with Crippen molar-refractivity contribution in [2.75, 3.05) is 13.1 Å². The minimum Gasteiger partial charge on any atom is -0.354 e. The van der Waals surface area contributed by atoms with Crippen LogP contribution in [0.5, 0.6) is 0 Å². The fourth-order valence-corrected chi connectivity index (χ4v) is 3.23. The van der Waals surface area contributed by atoms with Crippen molar-refractivity contribution in [2.24, 2.45) is 15.5 Å². The van der Waals surface area contributed by atoms with Gasteiger partial charge in [-0.15, -0.1) is 0 Å². The maximum atomic E-state index is 5.96. The Morgan fingerprint density at radius 1 is 0.931 bits per heavy atom. The molecule has 1 aliphatic carbocycles. The van der Waals surface area contributed by atoms with E-state index in [-0.39, 0.29) is 0 Å². The quantitative estimate of drug-likeness (QED) is 0.498. The Hall–Kier alpha value is -2.56. The summed E-state index contributed by atoms with van der Waals surface area (Å²) in [7, 11) is 0. The van der Waals surface area contributed by atoms with Crippen molar-refractivity contribution >= 4 is 47.0 Å². The second-order valence-electron chi connectivity index (χ2n) is 7.44. The molecule has 0 amide bonds. The van der Waals surface area contributed by atoms with Gasteiger partial charge >= 0.3 is 0 Å². The highest BCUT2D eigenvalue weighted by molar-refractivity contribution is 6.30. The first-order valence-electron chi connectivity index (χ1n) is 9.60. The molecule has 0 aromatic heterocycles.